The van der Waals surface area contributed by atoms with Gasteiger partial charge in [-0.2, -0.15) is 0 Å². The van der Waals surface area contributed by atoms with Crippen LogP contribution >= 0.6 is 0 Å². The van der Waals surface area contributed by atoms with Gasteiger partial charge >= 0.3 is 0 Å². The smallest absolute Gasteiger partial charge is 0.170 e. The molecule has 1 saturated heterocycles. The molecule has 0 aromatic carbocycles. The molecule has 0 saturated carbocycles. The molecule has 3 nitrogen and oxygen atoms in total. The Hall–Kier alpha value is -1.16. The first-order chi connectivity index (χ1) is 9.76. The summed E-state index contributed by atoms with van der Waals surface area (Å²) in [5.74, 6) is 1.07. The van der Waals surface area contributed by atoms with E-state index in [2.05, 4.69) is 29.0 Å². The van der Waals surface area contributed by atoms with E-state index in [4.69, 9.17) is 0 Å². The van der Waals surface area contributed by atoms with Crippen LogP contribution in [-0.2, 0) is 6.54 Å². The molecule has 20 heavy (non-hydrogen) atoms. The Labute approximate surface area is 121 Å². The van der Waals surface area contributed by atoms with Gasteiger partial charge in [-0.25, -0.2) is 9.37 Å². The molecule has 4 heteroatoms. The van der Waals surface area contributed by atoms with E-state index in [0.717, 1.165) is 44.5 Å². The summed E-state index contributed by atoms with van der Waals surface area (Å²) in [6, 6.07) is 1.78. The Morgan fingerprint density at radius 3 is 3.05 bits per heavy atom. The second kappa shape index (κ2) is 7.58. The molecular formula is C16H26FN3. The van der Waals surface area contributed by atoms with Gasteiger partial charge in [-0.15, -0.1) is 0 Å². The number of halogens is 1. The van der Waals surface area contributed by atoms with Crippen LogP contribution in [0.25, 0.3) is 0 Å². The van der Waals surface area contributed by atoms with Gasteiger partial charge < -0.3 is 10.2 Å². The van der Waals surface area contributed by atoms with E-state index in [1.165, 1.54) is 6.42 Å². The fourth-order valence-corrected chi connectivity index (χ4v) is 2.82. The summed E-state index contributed by atoms with van der Waals surface area (Å²) in [6.07, 6.45) is 6.35. The van der Waals surface area contributed by atoms with Crippen LogP contribution in [0, 0.1) is 11.7 Å². The van der Waals surface area contributed by atoms with Crippen molar-refractivity contribution in [3.63, 3.8) is 0 Å². The lowest BCUT2D eigenvalue weighted by Gasteiger charge is -2.33. The molecule has 112 valence electrons. The predicted molar refractivity (Wildman–Crippen MR) is 81.4 cm³/mol. The Kier molecular flexibility index (Phi) is 5.77. The van der Waals surface area contributed by atoms with Crippen LogP contribution in [0.1, 0.15) is 45.1 Å². The summed E-state index contributed by atoms with van der Waals surface area (Å²) in [5.41, 5.74) is 0.724. The zero-order valence-electron chi connectivity index (χ0n) is 12.7. The maximum Gasteiger partial charge on any atom is 0.170 e. The lowest BCUT2D eigenvalue weighted by molar-refractivity contribution is 0.399. The van der Waals surface area contributed by atoms with Crippen molar-refractivity contribution in [3.8, 4) is 0 Å². The van der Waals surface area contributed by atoms with Crippen molar-refractivity contribution in [2.75, 3.05) is 24.5 Å². The van der Waals surface area contributed by atoms with Gasteiger partial charge in [0.15, 0.2) is 11.6 Å². The van der Waals surface area contributed by atoms with Gasteiger partial charge in [-0.05, 0) is 37.8 Å². The summed E-state index contributed by atoms with van der Waals surface area (Å²) in [5, 5.41) is 3.26. The summed E-state index contributed by atoms with van der Waals surface area (Å²) >= 11 is 0. The molecular weight excluding hydrogens is 253 g/mol. The van der Waals surface area contributed by atoms with Crippen molar-refractivity contribution in [2.45, 2.75) is 46.1 Å². The molecule has 1 unspecified atom stereocenters. The van der Waals surface area contributed by atoms with Crippen molar-refractivity contribution in [2.24, 2.45) is 5.92 Å². The van der Waals surface area contributed by atoms with E-state index < -0.39 is 0 Å². The fraction of sp³-hybridized carbons (Fsp3) is 0.688. The largest absolute Gasteiger partial charge is 0.354 e. The highest BCUT2D eigenvalue weighted by molar-refractivity contribution is 5.43. The summed E-state index contributed by atoms with van der Waals surface area (Å²) < 4.78 is 14.6. The zero-order valence-corrected chi connectivity index (χ0v) is 12.7. The van der Waals surface area contributed by atoms with Crippen LogP contribution in [0.15, 0.2) is 12.3 Å². The number of nitrogens with zero attached hydrogens (tertiary/aromatic N) is 2. The minimum Gasteiger partial charge on any atom is -0.354 e. The van der Waals surface area contributed by atoms with Crippen molar-refractivity contribution in [1.29, 1.82) is 0 Å². The van der Waals surface area contributed by atoms with Crippen LogP contribution in [0.2, 0.25) is 0 Å². The van der Waals surface area contributed by atoms with Gasteiger partial charge in [0.1, 0.15) is 0 Å². The van der Waals surface area contributed by atoms with Gasteiger partial charge in [-0.3, -0.25) is 0 Å². The van der Waals surface area contributed by atoms with Gasteiger partial charge in [-0.1, -0.05) is 20.3 Å². The van der Waals surface area contributed by atoms with E-state index in [9.17, 15) is 4.39 Å². The number of hydrogen-bond donors (Lipinski definition) is 1. The molecule has 1 fully saturated rings. The Morgan fingerprint density at radius 2 is 2.30 bits per heavy atom. The maximum atomic E-state index is 14.6. The van der Waals surface area contributed by atoms with E-state index in [1.54, 1.807) is 12.3 Å². The van der Waals surface area contributed by atoms with Crippen LogP contribution in [-0.4, -0.2) is 24.6 Å². The zero-order chi connectivity index (χ0) is 14.4. The van der Waals surface area contributed by atoms with Gasteiger partial charge in [0.05, 0.1) is 0 Å². The van der Waals surface area contributed by atoms with E-state index >= 15 is 0 Å². The normalized spacial score (nSPS) is 19.4. The molecule has 1 N–H and O–H groups in total. The van der Waals surface area contributed by atoms with E-state index in [0.29, 0.717) is 18.3 Å². The second-order valence-electron chi connectivity index (χ2n) is 5.65. The van der Waals surface area contributed by atoms with Crippen LogP contribution in [0.4, 0.5) is 10.2 Å². The average Bonchev–Trinajstić information content (AvgIpc) is 2.49. The van der Waals surface area contributed by atoms with Crippen LogP contribution in [0.5, 0.6) is 0 Å². The molecule has 0 bridgehead atoms. The molecule has 2 rings (SSSR count). The Bertz CT molecular complexity index is 422. The molecule has 1 aliphatic heterocycles. The molecule has 0 amide bonds. The third-order valence-corrected chi connectivity index (χ3v) is 4.09. The standard InChI is InChI=1S/C16H26FN3/c1-3-8-18-11-14-7-9-19-16(15(14)17)20-10-5-6-13(4-2)12-20/h7,9,13,18H,3-6,8,10-12H2,1-2H3. The number of aromatic nitrogens is 1. The maximum absolute atomic E-state index is 14.6. The average molecular weight is 279 g/mol. The lowest BCUT2D eigenvalue weighted by Crippen LogP contribution is -2.36. The first-order valence-corrected chi connectivity index (χ1v) is 7.85. The number of rotatable bonds is 6. The number of hydrogen-bond acceptors (Lipinski definition) is 3. The number of pyridine rings is 1. The summed E-state index contributed by atoms with van der Waals surface area (Å²) in [4.78, 5) is 6.40. The van der Waals surface area contributed by atoms with Gasteiger partial charge in [0, 0.05) is 31.4 Å². The molecule has 1 atom stereocenters. The minimum absolute atomic E-state index is 0.146. The molecule has 0 radical (unpaired) electrons. The Morgan fingerprint density at radius 1 is 1.45 bits per heavy atom. The monoisotopic (exact) mass is 279 g/mol. The van der Waals surface area contributed by atoms with Crippen molar-refractivity contribution in [3.05, 3.63) is 23.6 Å². The van der Waals surface area contributed by atoms with Gasteiger partial charge in [0.2, 0.25) is 0 Å². The lowest BCUT2D eigenvalue weighted by atomic mass is 9.95. The number of nitrogens with one attached hydrogen (secondary N) is 1. The topological polar surface area (TPSA) is 28.2 Å². The molecule has 0 spiro atoms. The minimum atomic E-state index is -0.146. The van der Waals surface area contributed by atoms with Crippen molar-refractivity contribution < 1.29 is 4.39 Å². The first-order valence-electron chi connectivity index (χ1n) is 7.85. The molecule has 1 aromatic rings. The molecule has 0 aliphatic carbocycles. The van der Waals surface area contributed by atoms with Crippen LogP contribution < -0.4 is 10.2 Å². The number of piperidine rings is 1. The van der Waals surface area contributed by atoms with E-state index in [1.807, 2.05) is 0 Å². The molecule has 1 aromatic heterocycles. The highest BCUT2D eigenvalue weighted by Gasteiger charge is 2.22. The molecule has 2 heterocycles. The SMILES string of the molecule is CCCNCc1ccnc(N2CCCC(CC)C2)c1F. The quantitative estimate of drug-likeness (QED) is 0.809. The predicted octanol–water partition coefficient (Wildman–Crippen LogP) is 3.35. The highest BCUT2D eigenvalue weighted by atomic mass is 19.1. The summed E-state index contributed by atoms with van der Waals surface area (Å²) in [7, 11) is 0. The van der Waals surface area contributed by atoms with Gasteiger partial charge in [0.25, 0.3) is 0 Å². The second-order valence-corrected chi connectivity index (χ2v) is 5.65. The third kappa shape index (κ3) is 3.69. The third-order valence-electron chi connectivity index (χ3n) is 4.09. The first kappa shape index (κ1) is 15.2. The Balaban J connectivity index is 2.09. The van der Waals surface area contributed by atoms with Crippen molar-refractivity contribution >= 4 is 5.82 Å². The molecule has 1 aliphatic rings. The summed E-state index contributed by atoms with van der Waals surface area (Å²) in [6.45, 7) is 7.68. The highest BCUT2D eigenvalue weighted by Crippen LogP contribution is 2.26. The van der Waals surface area contributed by atoms with Crippen LogP contribution in [0.3, 0.4) is 0 Å². The van der Waals surface area contributed by atoms with Crippen molar-refractivity contribution in [1.82, 2.24) is 10.3 Å². The van der Waals surface area contributed by atoms with E-state index in [-0.39, 0.29) is 5.82 Å². The fourth-order valence-electron chi connectivity index (χ4n) is 2.82. The number of anilines is 1.